The van der Waals surface area contributed by atoms with Gasteiger partial charge in [0.1, 0.15) is 0 Å². The average Bonchev–Trinajstić information content (AvgIpc) is 2.97. The molecule has 0 amide bonds. The quantitative estimate of drug-likeness (QED) is 0.172. The summed E-state index contributed by atoms with van der Waals surface area (Å²) in [5.41, 5.74) is 9.98. The summed E-state index contributed by atoms with van der Waals surface area (Å²) in [7, 11) is 0. The van der Waals surface area contributed by atoms with Gasteiger partial charge in [0.2, 0.25) is 0 Å². The van der Waals surface area contributed by atoms with Crippen molar-refractivity contribution in [1.82, 2.24) is 0 Å². The van der Waals surface area contributed by atoms with E-state index in [4.69, 9.17) is 0 Å². The van der Waals surface area contributed by atoms with Crippen LogP contribution in [0.3, 0.4) is 0 Å². The van der Waals surface area contributed by atoms with Gasteiger partial charge in [0.25, 0.3) is 0 Å². The second-order valence-corrected chi connectivity index (χ2v) is 11.6. The van der Waals surface area contributed by atoms with Crippen LogP contribution in [0.5, 0.6) is 0 Å². The van der Waals surface area contributed by atoms with Gasteiger partial charge in [0.15, 0.2) is 0 Å². The zero-order valence-electron chi connectivity index (χ0n) is 18.1. The summed E-state index contributed by atoms with van der Waals surface area (Å²) in [6.07, 6.45) is 0. The minimum atomic E-state index is -0.449. The molecule has 5 aromatic carbocycles. The molecule has 0 aromatic heterocycles. The lowest BCUT2D eigenvalue weighted by molar-refractivity contribution is 0.706. The molecule has 34 heavy (non-hydrogen) atoms. The highest BCUT2D eigenvalue weighted by atomic mass is 79.9. The van der Waals surface area contributed by atoms with Crippen LogP contribution in [0, 0.1) is 0 Å². The Morgan fingerprint density at radius 3 is 1.91 bits per heavy atom. The fraction of sp³-hybridized carbons (Fsp3) is 0.0323. The molecule has 0 fully saturated rings. The minimum Gasteiger partial charge on any atom is -0.0882 e. The number of benzene rings is 5. The van der Waals surface area contributed by atoms with Gasteiger partial charge in [-0.25, -0.2) is 0 Å². The third-order valence-corrected chi connectivity index (χ3v) is 9.73. The van der Waals surface area contributed by atoms with Crippen molar-refractivity contribution >= 4 is 43.6 Å². The van der Waals surface area contributed by atoms with Crippen molar-refractivity contribution in [2.24, 2.45) is 0 Å². The normalized spacial score (nSPS) is 17.1. The standard InChI is InChI=1S/C31H18Br2S/c32-19-16-17-23-21-9-2-1-8-20(21)22-10-3-4-11-24(22)31(27(23)18-19)25-12-5-6-15-29(25)34-30-26(31)13-7-14-28(30)33/h1-18H. The molecule has 1 aliphatic carbocycles. The molecule has 0 saturated heterocycles. The van der Waals surface area contributed by atoms with Crippen LogP contribution in [0.15, 0.2) is 128 Å². The summed E-state index contributed by atoms with van der Waals surface area (Å²) >= 11 is 9.58. The molecule has 0 saturated carbocycles. The van der Waals surface area contributed by atoms with Crippen LogP contribution in [0.25, 0.3) is 22.3 Å². The topological polar surface area (TPSA) is 0 Å². The first kappa shape index (κ1) is 20.8. The van der Waals surface area contributed by atoms with E-state index in [0.717, 1.165) is 8.95 Å². The summed E-state index contributed by atoms with van der Waals surface area (Å²) in [5, 5.41) is 0. The molecule has 0 N–H and O–H groups in total. The Kier molecular flexibility index (Phi) is 4.71. The van der Waals surface area contributed by atoms with Crippen molar-refractivity contribution in [3.8, 4) is 22.3 Å². The van der Waals surface area contributed by atoms with Gasteiger partial charge in [-0.15, -0.1) is 0 Å². The van der Waals surface area contributed by atoms with Gasteiger partial charge >= 0.3 is 0 Å². The van der Waals surface area contributed by atoms with Gasteiger partial charge in [-0.05, 0) is 84.7 Å². The maximum absolute atomic E-state index is 3.90. The molecule has 2 aliphatic rings. The Bertz CT molecular complexity index is 1620. The van der Waals surface area contributed by atoms with Gasteiger partial charge in [-0.1, -0.05) is 113 Å². The van der Waals surface area contributed by atoms with Crippen LogP contribution in [-0.2, 0) is 5.41 Å². The molecule has 7 rings (SSSR count). The molecule has 0 nitrogen and oxygen atoms in total. The van der Waals surface area contributed by atoms with Crippen molar-refractivity contribution in [1.29, 1.82) is 0 Å². The summed E-state index contributed by atoms with van der Waals surface area (Å²) in [6, 6.07) is 40.2. The Labute approximate surface area is 220 Å². The Balaban J connectivity index is 1.79. The number of hydrogen-bond donors (Lipinski definition) is 0. The van der Waals surface area contributed by atoms with Crippen molar-refractivity contribution < 1.29 is 0 Å². The molecule has 0 bridgehead atoms. The second-order valence-electron chi connectivity index (χ2n) is 8.75. The van der Waals surface area contributed by atoms with Crippen LogP contribution in [0.2, 0.25) is 0 Å². The molecular formula is C31H18Br2S. The number of hydrogen-bond acceptors (Lipinski definition) is 1. The highest BCUT2D eigenvalue weighted by Crippen LogP contribution is 2.61. The van der Waals surface area contributed by atoms with Crippen LogP contribution < -0.4 is 0 Å². The predicted octanol–water partition coefficient (Wildman–Crippen LogP) is 9.71. The first-order valence-electron chi connectivity index (χ1n) is 11.3. The lowest BCUT2D eigenvalue weighted by atomic mass is 9.63. The van der Waals surface area contributed by atoms with E-state index >= 15 is 0 Å². The molecule has 1 aliphatic heterocycles. The summed E-state index contributed by atoms with van der Waals surface area (Å²) < 4.78 is 2.23. The van der Waals surface area contributed by atoms with Crippen LogP contribution in [0.4, 0.5) is 0 Å². The lowest BCUT2D eigenvalue weighted by Crippen LogP contribution is -2.34. The molecule has 1 unspecified atom stereocenters. The highest BCUT2D eigenvalue weighted by Gasteiger charge is 2.48. The van der Waals surface area contributed by atoms with E-state index < -0.39 is 5.41 Å². The van der Waals surface area contributed by atoms with Crippen LogP contribution in [0.1, 0.15) is 22.3 Å². The van der Waals surface area contributed by atoms with Crippen molar-refractivity contribution in [3.63, 3.8) is 0 Å². The maximum Gasteiger partial charge on any atom is 0.0736 e. The molecule has 1 spiro atoms. The SMILES string of the molecule is Brc1ccc2c(c1)C1(c3ccccc3Sc3c(Br)cccc31)c1ccccc1-c1ccccc1-2. The van der Waals surface area contributed by atoms with Crippen LogP contribution in [-0.4, -0.2) is 0 Å². The Morgan fingerprint density at radius 2 is 1.12 bits per heavy atom. The molecule has 3 heteroatoms. The van der Waals surface area contributed by atoms with Gasteiger partial charge in [0.05, 0.1) is 5.41 Å². The van der Waals surface area contributed by atoms with Gasteiger partial charge in [-0.2, -0.15) is 0 Å². The zero-order chi connectivity index (χ0) is 22.9. The maximum atomic E-state index is 3.90. The van der Waals surface area contributed by atoms with Gasteiger partial charge in [-0.3, -0.25) is 0 Å². The van der Waals surface area contributed by atoms with E-state index in [1.807, 2.05) is 11.8 Å². The predicted molar refractivity (Wildman–Crippen MR) is 149 cm³/mol. The summed E-state index contributed by atoms with van der Waals surface area (Å²) in [4.78, 5) is 2.58. The average molecular weight is 582 g/mol. The zero-order valence-corrected chi connectivity index (χ0v) is 22.0. The first-order chi connectivity index (χ1) is 16.7. The summed E-state index contributed by atoms with van der Waals surface area (Å²) in [6.45, 7) is 0. The first-order valence-corrected chi connectivity index (χ1v) is 13.7. The molecule has 1 heterocycles. The molecule has 0 radical (unpaired) electrons. The van der Waals surface area contributed by atoms with E-state index in [0.29, 0.717) is 0 Å². The number of rotatable bonds is 0. The monoisotopic (exact) mass is 580 g/mol. The smallest absolute Gasteiger partial charge is 0.0736 e. The lowest BCUT2D eigenvalue weighted by Gasteiger charge is -2.43. The fourth-order valence-electron chi connectivity index (χ4n) is 5.81. The van der Waals surface area contributed by atoms with E-state index in [-0.39, 0.29) is 0 Å². The van der Waals surface area contributed by atoms with Crippen molar-refractivity contribution in [3.05, 3.63) is 140 Å². The fourth-order valence-corrected chi connectivity index (χ4v) is 7.98. The van der Waals surface area contributed by atoms with E-state index in [1.54, 1.807) is 0 Å². The second kappa shape index (κ2) is 7.71. The minimum absolute atomic E-state index is 0.449. The number of fused-ring (bicyclic) bond motifs is 11. The van der Waals surface area contributed by atoms with Gasteiger partial charge in [0, 0.05) is 18.7 Å². The largest absolute Gasteiger partial charge is 0.0882 e. The van der Waals surface area contributed by atoms with E-state index in [9.17, 15) is 0 Å². The highest BCUT2D eigenvalue weighted by molar-refractivity contribution is 9.10. The van der Waals surface area contributed by atoms with Crippen LogP contribution >= 0.6 is 43.6 Å². The molecule has 1 atom stereocenters. The van der Waals surface area contributed by atoms with Crippen molar-refractivity contribution in [2.75, 3.05) is 0 Å². The van der Waals surface area contributed by atoms with Crippen molar-refractivity contribution in [2.45, 2.75) is 15.2 Å². The summed E-state index contributed by atoms with van der Waals surface area (Å²) in [5.74, 6) is 0. The Hall–Kier alpha value is -2.59. The molecule has 5 aromatic rings. The third-order valence-electron chi connectivity index (χ3n) is 7.10. The number of halogens is 2. The van der Waals surface area contributed by atoms with E-state index in [2.05, 4.69) is 141 Å². The Morgan fingerprint density at radius 1 is 0.500 bits per heavy atom. The van der Waals surface area contributed by atoms with Gasteiger partial charge < -0.3 is 0 Å². The third kappa shape index (κ3) is 2.72. The molecular weight excluding hydrogens is 564 g/mol. The molecule has 162 valence electrons. The van der Waals surface area contributed by atoms with E-state index in [1.165, 1.54) is 54.3 Å².